The van der Waals surface area contributed by atoms with Gasteiger partial charge in [-0.05, 0) is 18.6 Å². The fraction of sp³-hybridized carbons (Fsp3) is 0.500. The first kappa shape index (κ1) is 22.4. The van der Waals surface area contributed by atoms with Crippen molar-refractivity contribution in [2.24, 2.45) is 0 Å². The number of unbranched alkanes of at least 4 members (excludes halogenated alkanes) is 5. The van der Waals surface area contributed by atoms with Crippen LogP contribution >= 0.6 is 0 Å². The molecular formula is C16H26O6. The van der Waals surface area contributed by atoms with E-state index in [9.17, 15) is 9.59 Å². The van der Waals surface area contributed by atoms with Gasteiger partial charge in [-0.2, -0.15) is 0 Å². The van der Waals surface area contributed by atoms with Crippen LogP contribution in [-0.2, 0) is 4.74 Å². The molecule has 0 heterocycles. The second kappa shape index (κ2) is 12.8. The highest BCUT2D eigenvalue weighted by molar-refractivity contribution is 6.02. The molecule has 1 aromatic carbocycles. The Kier molecular flexibility index (Phi) is 13.0. The Morgan fingerprint density at radius 3 is 2.09 bits per heavy atom. The standard InChI is InChI=1S/C16H22O4.2H2O/c1-2-3-4-5-6-9-12-20-16(19)14-11-8-7-10-13(14)15(17)18;;/h7-8,10-11H,2-6,9,12H2,1H3,(H,17,18);2*1H2. The number of hydrogen-bond acceptors (Lipinski definition) is 3. The molecule has 0 aromatic heterocycles. The van der Waals surface area contributed by atoms with Gasteiger partial charge in [-0.25, -0.2) is 9.59 Å². The normalized spacial score (nSPS) is 9.32. The monoisotopic (exact) mass is 314 g/mol. The van der Waals surface area contributed by atoms with E-state index in [2.05, 4.69) is 6.92 Å². The predicted molar refractivity (Wildman–Crippen MR) is 84.3 cm³/mol. The van der Waals surface area contributed by atoms with E-state index in [1.807, 2.05) is 0 Å². The van der Waals surface area contributed by atoms with Crippen molar-refractivity contribution in [2.45, 2.75) is 45.4 Å². The van der Waals surface area contributed by atoms with Crippen molar-refractivity contribution >= 4 is 11.9 Å². The van der Waals surface area contributed by atoms with E-state index in [0.717, 1.165) is 19.3 Å². The van der Waals surface area contributed by atoms with E-state index in [1.54, 1.807) is 12.1 Å². The number of hydrogen-bond donors (Lipinski definition) is 1. The van der Waals surface area contributed by atoms with Gasteiger partial charge in [-0.15, -0.1) is 0 Å². The lowest BCUT2D eigenvalue weighted by Gasteiger charge is -2.07. The molecule has 0 atom stereocenters. The molecule has 0 aliphatic heterocycles. The number of carboxylic acid groups (broad SMARTS) is 1. The van der Waals surface area contributed by atoms with Crippen LogP contribution in [0.5, 0.6) is 0 Å². The lowest BCUT2D eigenvalue weighted by molar-refractivity contribution is 0.0487. The zero-order valence-electron chi connectivity index (χ0n) is 12.9. The highest BCUT2D eigenvalue weighted by Gasteiger charge is 2.16. The Morgan fingerprint density at radius 2 is 1.50 bits per heavy atom. The average Bonchev–Trinajstić information content (AvgIpc) is 2.46. The summed E-state index contributed by atoms with van der Waals surface area (Å²) in [4.78, 5) is 22.8. The van der Waals surface area contributed by atoms with E-state index in [0.29, 0.717) is 6.61 Å². The summed E-state index contributed by atoms with van der Waals surface area (Å²) in [5, 5.41) is 9.00. The third-order valence-electron chi connectivity index (χ3n) is 3.11. The maximum Gasteiger partial charge on any atom is 0.339 e. The molecule has 0 radical (unpaired) electrons. The van der Waals surface area contributed by atoms with Crippen LogP contribution in [0.4, 0.5) is 0 Å². The predicted octanol–water partition coefficient (Wildman–Crippen LogP) is 2.25. The van der Waals surface area contributed by atoms with Crippen LogP contribution in [0.15, 0.2) is 24.3 Å². The minimum absolute atomic E-state index is 0. The van der Waals surface area contributed by atoms with Gasteiger partial charge in [0.15, 0.2) is 0 Å². The highest BCUT2D eigenvalue weighted by atomic mass is 16.5. The second-order valence-corrected chi connectivity index (χ2v) is 4.75. The highest BCUT2D eigenvalue weighted by Crippen LogP contribution is 2.11. The van der Waals surface area contributed by atoms with Gasteiger partial charge in [0.1, 0.15) is 0 Å². The molecular weight excluding hydrogens is 288 g/mol. The fourth-order valence-corrected chi connectivity index (χ4v) is 1.97. The minimum Gasteiger partial charge on any atom is -0.478 e. The molecule has 1 rings (SSSR count). The lowest BCUT2D eigenvalue weighted by Crippen LogP contribution is -2.12. The zero-order valence-corrected chi connectivity index (χ0v) is 12.9. The molecule has 0 amide bonds. The third-order valence-corrected chi connectivity index (χ3v) is 3.11. The second-order valence-electron chi connectivity index (χ2n) is 4.75. The summed E-state index contributed by atoms with van der Waals surface area (Å²) >= 11 is 0. The summed E-state index contributed by atoms with van der Waals surface area (Å²) in [6, 6.07) is 6.11. The molecule has 0 bridgehead atoms. The maximum atomic E-state index is 11.8. The Labute approximate surface area is 130 Å². The van der Waals surface area contributed by atoms with Crippen LogP contribution in [0.3, 0.4) is 0 Å². The molecule has 0 aliphatic rings. The van der Waals surface area contributed by atoms with E-state index < -0.39 is 11.9 Å². The summed E-state index contributed by atoms with van der Waals surface area (Å²) in [7, 11) is 0. The van der Waals surface area contributed by atoms with Gasteiger partial charge in [0.25, 0.3) is 0 Å². The SMILES string of the molecule is CCCCCCCCOC(=O)c1ccccc1C(=O)O.O.O. The van der Waals surface area contributed by atoms with Crippen molar-refractivity contribution in [2.75, 3.05) is 6.61 Å². The third kappa shape index (κ3) is 7.75. The van der Waals surface area contributed by atoms with Crippen molar-refractivity contribution in [3.8, 4) is 0 Å². The maximum absolute atomic E-state index is 11.8. The van der Waals surface area contributed by atoms with Gasteiger partial charge in [-0.3, -0.25) is 0 Å². The van der Waals surface area contributed by atoms with Crippen LogP contribution in [0, 0.1) is 0 Å². The van der Waals surface area contributed by atoms with Crippen molar-refractivity contribution in [1.29, 1.82) is 0 Å². The molecule has 126 valence electrons. The molecule has 0 spiro atoms. The van der Waals surface area contributed by atoms with E-state index in [-0.39, 0.29) is 22.1 Å². The van der Waals surface area contributed by atoms with Gasteiger partial charge in [0.05, 0.1) is 17.7 Å². The first-order valence-corrected chi connectivity index (χ1v) is 7.16. The van der Waals surface area contributed by atoms with Crippen LogP contribution < -0.4 is 0 Å². The Balaban J connectivity index is 0. The average molecular weight is 314 g/mol. The van der Waals surface area contributed by atoms with Gasteiger partial charge in [0.2, 0.25) is 0 Å². The minimum atomic E-state index is -1.11. The molecule has 1 aromatic rings. The molecule has 0 saturated carbocycles. The van der Waals surface area contributed by atoms with Crippen molar-refractivity contribution in [1.82, 2.24) is 0 Å². The number of rotatable bonds is 9. The van der Waals surface area contributed by atoms with E-state index >= 15 is 0 Å². The van der Waals surface area contributed by atoms with Crippen LogP contribution in [0.25, 0.3) is 0 Å². The zero-order chi connectivity index (χ0) is 14.8. The van der Waals surface area contributed by atoms with E-state index in [1.165, 1.54) is 31.4 Å². The number of ether oxygens (including phenoxy) is 1. The topological polar surface area (TPSA) is 127 Å². The van der Waals surface area contributed by atoms with Gasteiger partial charge in [-0.1, -0.05) is 51.2 Å². The fourth-order valence-electron chi connectivity index (χ4n) is 1.97. The molecule has 0 aliphatic carbocycles. The number of aromatic carboxylic acids is 1. The number of benzene rings is 1. The first-order valence-electron chi connectivity index (χ1n) is 7.16. The number of carboxylic acids is 1. The summed E-state index contributed by atoms with van der Waals surface area (Å²) in [5.74, 6) is -1.67. The molecule has 5 N–H and O–H groups in total. The van der Waals surface area contributed by atoms with Gasteiger partial charge in [0, 0.05) is 0 Å². The molecule has 0 unspecified atom stereocenters. The molecule has 6 heteroatoms. The summed E-state index contributed by atoms with van der Waals surface area (Å²) < 4.78 is 5.12. The lowest BCUT2D eigenvalue weighted by atomic mass is 10.1. The van der Waals surface area contributed by atoms with Gasteiger partial charge < -0.3 is 20.8 Å². The van der Waals surface area contributed by atoms with Crippen molar-refractivity contribution in [3.63, 3.8) is 0 Å². The first-order chi connectivity index (χ1) is 9.66. The molecule has 6 nitrogen and oxygen atoms in total. The quantitative estimate of drug-likeness (QED) is 0.554. The largest absolute Gasteiger partial charge is 0.478 e. The number of carbonyl (C=O) groups is 2. The Bertz CT molecular complexity index is 444. The molecule has 0 fully saturated rings. The van der Waals surface area contributed by atoms with Crippen LogP contribution in [0.2, 0.25) is 0 Å². The number of carbonyl (C=O) groups excluding carboxylic acids is 1. The summed E-state index contributed by atoms with van der Waals surface area (Å²) in [5.41, 5.74) is 0.103. The van der Waals surface area contributed by atoms with Crippen LogP contribution in [0.1, 0.15) is 66.2 Å². The molecule has 0 saturated heterocycles. The Hall–Kier alpha value is -1.92. The summed E-state index contributed by atoms with van der Waals surface area (Å²) in [6.45, 7) is 2.51. The smallest absolute Gasteiger partial charge is 0.339 e. The van der Waals surface area contributed by atoms with Crippen LogP contribution in [-0.4, -0.2) is 34.6 Å². The van der Waals surface area contributed by atoms with E-state index in [4.69, 9.17) is 9.84 Å². The Morgan fingerprint density at radius 1 is 0.955 bits per heavy atom. The molecule has 22 heavy (non-hydrogen) atoms. The summed E-state index contributed by atoms with van der Waals surface area (Å²) in [6.07, 6.45) is 6.68. The van der Waals surface area contributed by atoms with Crippen molar-refractivity contribution < 1.29 is 30.4 Å². The number of esters is 1. The van der Waals surface area contributed by atoms with Crippen molar-refractivity contribution in [3.05, 3.63) is 35.4 Å². The van der Waals surface area contributed by atoms with Gasteiger partial charge >= 0.3 is 11.9 Å².